The molecule has 0 spiro atoms. The molecule has 1 aliphatic carbocycles. The lowest BCUT2D eigenvalue weighted by Crippen LogP contribution is -2.58. The predicted molar refractivity (Wildman–Crippen MR) is 92.7 cm³/mol. The summed E-state index contributed by atoms with van der Waals surface area (Å²) < 4.78 is 2.09. The van der Waals surface area contributed by atoms with E-state index in [0.29, 0.717) is 18.6 Å². The fraction of sp³-hybridized carbons (Fsp3) is 0.778. The molecule has 0 bridgehead atoms. The first-order valence-corrected chi connectivity index (χ1v) is 9.53. The van der Waals surface area contributed by atoms with Gasteiger partial charge in [0.05, 0.1) is 18.3 Å². The van der Waals surface area contributed by atoms with Crippen LogP contribution in [0.25, 0.3) is 0 Å². The van der Waals surface area contributed by atoms with Gasteiger partial charge in [-0.25, -0.2) is 4.79 Å². The van der Waals surface area contributed by atoms with Crippen molar-refractivity contribution < 1.29 is 4.79 Å². The zero-order valence-electron chi connectivity index (χ0n) is 14.7. The summed E-state index contributed by atoms with van der Waals surface area (Å²) in [6.45, 7) is 5.75. The topological polar surface area (TPSA) is 53.4 Å². The molecule has 0 unspecified atom stereocenters. The number of carbonyl (C=O) groups excluding carboxylic acids is 1. The summed E-state index contributed by atoms with van der Waals surface area (Å²) in [4.78, 5) is 17.1. The zero-order chi connectivity index (χ0) is 16.5. The Morgan fingerprint density at radius 3 is 2.83 bits per heavy atom. The van der Waals surface area contributed by atoms with Crippen molar-refractivity contribution in [1.82, 2.24) is 24.9 Å². The van der Waals surface area contributed by atoms with Gasteiger partial charge >= 0.3 is 6.03 Å². The monoisotopic (exact) mass is 331 g/mol. The largest absolute Gasteiger partial charge is 0.332 e. The molecule has 24 heavy (non-hydrogen) atoms. The standard InChI is InChI=1S/C18H29N5O/c1-14-12-21-9-4-7-17(21)13-22(14)18(24)19-11-15-8-10-23(20-15)16-5-2-3-6-16/h8,10,14,16-17H,2-7,9,11-13H2,1H3,(H,19,24)/t14-,17-/m1/s1. The molecule has 2 atom stereocenters. The van der Waals surface area contributed by atoms with E-state index in [1.54, 1.807) is 0 Å². The molecule has 1 aromatic heterocycles. The number of nitrogens with one attached hydrogen (secondary N) is 1. The molecule has 2 amide bonds. The second-order valence-electron chi connectivity index (χ2n) is 7.68. The van der Waals surface area contributed by atoms with Gasteiger partial charge in [-0.15, -0.1) is 0 Å². The highest BCUT2D eigenvalue weighted by molar-refractivity contribution is 5.74. The highest BCUT2D eigenvalue weighted by Crippen LogP contribution is 2.28. The maximum atomic E-state index is 12.6. The molecule has 4 rings (SSSR count). The molecule has 2 aliphatic heterocycles. The predicted octanol–water partition coefficient (Wildman–Crippen LogP) is 2.38. The summed E-state index contributed by atoms with van der Waals surface area (Å²) in [6, 6.07) is 3.51. The van der Waals surface area contributed by atoms with Gasteiger partial charge in [0, 0.05) is 31.4 Å². The molecule has 3 fully saturated rings. The van der Waals surface area contributed by atoms with Crippen molar-refractivity contribution in [2.75, 3.05) is 19.6 Å². The number of carbonyl (C=O) groups is 1. The van der Waals surface area contributed by atoms with Gasteiger partial charge in [-0.2, -0.15) is 5.10 Å². The fourth-order valence-corrected chi connectivity index (χ4v) is 4.58. The van der Waals surface area contributed by atoms with Crippen molar-refractivity contribution in [2.24, 2.45) is 0 Å². The molecule has 132 valence electrons. The van der Waals surface area contributed by atoms with E-state index in [0.717, 1.165) is 18.8 Å². The lowest BCUT2D eigenvalue weighted by Gasteiger charge is -2.42. The number of rotatable bonds is 3. The van der Waals surface area contributed by atoms with Gasteiger partial charge in [0.2, 0.25) is 0 Å². The number of aromatic nitrogens is 2. The van der Waals surface area contributed by atoms with E-state index in [1.165, 1.54) is 45.1 Å². The molecule has 2 saturated heterocycles. The molecule has 0 aromatic carbocycles. The molecule has 1 saturated carbocycles. The number of amides is 2. The van der Waals surface area contributed by atoms with Gasteiger partial charge < -0.3 is 10.2 Å². The number of fused-ring (bicyclic) bond motifs is 1. The second-order valence-corrected chi connectivity index (χ2v) is 7.68. The van der Waals surface area contributed by atoms with Crippen molar-refractivity contribution in [3.8, 4) is 0 Å². The Bertz CT molecular complexity index is 580. The third kappa shape index (κ3) is 3.16. The average Bonchev–Trinajstić information content (AvgIpc) is 3.31. The molecule has 3 aliphatic rings. The Balaban J connectivity index is 1.31. The first-order valence-electron chi connectivity index (χ1n) is 9.53. The number of hydrogen-bond donors (Lipinski definition) is 1. The highest BCUT2D eigenvalue weighted by atomic mass is 16.2. The fourth-order valence-electron chi connectivity index (χ4n) is 4.58. The Hall–Kier alpha value is -1.56. The van der Waals surface area contributed by atoms with Crippen LogP contribution in [0.4, 0.5) is 4.79 Å². The number of piperazine rings is 1. The SMILES string of the molecule is C[C@@H]1CN2CCC[C@@H]2CN1C(=O)NCc1ccn(C2CCCC2)n1. The van der Waals surface area contributed by atoms with Crippen LogP contribution in [-0.2, 0) is 6.54 Å². The van der Waals surface area contributed by atoms with Gasteiger partial charge in [-0.05, 0) is 45.2 Å². The molecular formula is C18H29N5O. The Morgan fingerprint density at radius 2 is 2.00 bits per heavy atom. The van der Waals surface area contributed by atoms with Gasteiger partial charge in [0.25, 0.3) is 0 Å². The van der Waals surface area contributed by atoms with Crippen LogP contribution in [0.5, 0.6) is 0 Å². The summed E-state index contributed by atoms with van der Waals surface area (Å²) in [5, 5.41) is 7.73. The average molecular weight is 331 g/mol. The zero-order valence-corrected chi connectivity index (χ0v) is 14.7. The molecule has 6 nitrogen and oxygen atoms in total. The first-order chi connectivity index (χ1) is 11.7. The number of hydrogen-bond acceptors (Lipinski definition) is 3. The maximum absolute atomic E-state index is 12.6. The van der Waals surface area contributed by atoms with Crippen molar-refractivity contribution in [3.05, 3.63) is 18.0 Å². The Morgan fingerprint density at radius 1 is 1.21 bits per heavy atom. The lowest BCUT2D eigenvalue weighted by atomic mass is 10.1. The number of nitrogens with zero attached hydrogens (tertiary/aromatic N) is 4. The summed E-state index contributed by atoms with van der Waals surface area (Å²) >= 11 is 0. The summed E-state index contributed by atoms with van der Waals surface area (Å²) in [5.41, 5.74) is 0.961. The minimum atomic E-state index is 0.0597. The molecule has 1 N–H and O–H groups in total. The quantitative estimate of drug-likeness (QED) is 0.925. The second kappa shape index (κ2) is 6.75. The van der Waals surface area contributed by atoms with Crippen LogP contribution in [0.15, 0.2) is 12.3 Å². The lowest BCUT2D eigenvalue weighted by molar-refractivity contribution is 0.0802. The van der Waals surface area contributed by atoms with Gasteiger partial charge in [-0.1, -0.05) is 12.8 Å². The van der Waals surface area contributed by atoms with Crippen LogP contribution >= 0.6 is 0 Å². The van der Waals surface area contributed by atoms with Crippen LogP contribution in [0.2, 0.25) is 0 Å². The summed E-state index contributed by atoms with van der Waals surface area (Å²) in [7, 11) is 0. The Kier molecular flexibility index (Phi) is 4.48. The van der Waals surface area contributed by atoms with E-state index in [9.17, 15) is 4.79 Å². The van der Waals surface area contributed by atoms with Gasteiger partial charge in [-0.3, -0.25) is 9.58 Å². The van der Waals surface area contributed by atoms with Crippen molar-refractivity contribution >= 4 is 6.03 Å². The minimum absolute atomic E-state index is 0.0597. The van der Waals surface area contributed by atoms with E-state index in [1.807, 2.05) is 11.0 Å². The third-order valence-corrected chi connectivity index (χ3v) is 5.98. The third-order valence-electron chi connectivity index (χ3n) is 5.98. The van der Waals surface area contributed by atoms with E-state index in [4.69, 9.17) is 0 Å². The Labute approximate surface area is 144 Å². The molecule has 3 heterocycles. The minimum Gasteiger partial charge on any atom is -0.332 e. The first kappa shape index (κ1) is 15.9. The van der Waals surface area contributed by atoms with E-state index < -0.39 is 0 Å². The summed E-state index contributed by atoms with van der Waals surface area (Å²) in [5.74, 6) is 0. The molecule has 1 aromatic rings. The van der Waals surface area contributed by atoms with Gasteiger partial charge in [0.1, 0.15) is 0 Å². The van der Waals surface area contributed by atoms with Crippen LogP contribution in [0.3, 0.4) is 0 Å². The normalized spacial score (nSPS) is 28.3. The van der Waals surface area contributed by atoms with Crippen molar-refractivity contribution in [2.45, 2.75) is 70.1 Å². The molecular weight excluding hydrogens is 302 g/mol. The van der Waals surface area contributed by atoms with Crippen molar-refractivity contribution in [1.29, 1.82) is 0 Å². The van der Waals surface area contributed by atoms with Crippen molar-refractivity contribution in [3.63, 3.8) is 0 Å². The maximum Gasteiger partial charge on any atom is 0.318 e. The highest BCUT2D eigenvalue weighted by Gasteiger charge is 2.36. The van der Waals surface area contributed by atoms with Crippen LogP contribution in [-0.4, -0.2) is 57.3 Å². The van der Waals surface area contributed by atoms with E-state index in [2.05, 4.69) is 33.1 Å². The molecule has 0 radical (unpaired) electrons. The van der Waals surface area contributed by atoms with Crippen LogP contribution < -0.4 is 5.32 Å². The van der Waals surface area contributed by atoms with E-state index >= 15 is 0 Å². The smallest absolute Gasteiger partial charge is 0.318 e. The number of urea groups is 1. The van der Waals surface area contributed by atoms with Gasteiger partial charge in [0.15, 0.2) is 0 Å². The van der Waals surface area contributed by atoms with Crippen LogP contribution in [0.1, 0.15) is 57.2 Å². The van der Waals surface area contributed by atoms with Crippen LogP contribution in [0, 0.1) is 0 Å². The molecule has 6 heteroatoms. The van der Waals surface area contributed by atoms with E-state index in [-0.39, 0.29) is 12.1 Å². The summed E-state index contributed by atoms with van der Waals surface area (Å²) in [6.07, 6.45) is 9.64.